The normalized spacial score (nSPS) is 22.6. The fourth-order valence-electron chi connectivity index (χ4n) is 4.71. The molecule has 2 bridgehead atoms. The summed E-state index contributed by atoms with van der Waals surface area (Å²) in [7, 11) is -3.89. The van der Waals surface area contributed by atoms with E-state index in [-0.39, 0.29) is 23.4 Å². The summed E-state index contributed by atoms with van der Waals surface area (Å²) in [5.41, 5.74) is 0.436. The third kappa shape index (κ3) is 4.31. The van der Waals surface area contributed by atoms with E-state index in [0.29, 0.717) is 29.9 Å². The van der Waals surface area contributed by atoms with Crippen LogP contribution in [-0.4, -0.2) is 33.5 Å². The van der Waals surface area contributed by atoms with Gasteiger partial charge >= 0.3 is 0 Å². The highest BCUT2D eigenvalue weighted by atomic mass is 32.2. The first-order valence-corrected chi connectivity index (χ1v) is 12.0. The van der Waals surface area contributed by atoms with E-state index in [4.69, 9.17) is 4.74 Å². The van der Waals surface area contributed by atoms with Gasteiger partial charge in [0, 0.05) is 6.04 Å². The Hall–Kier alpha value is -2.54. The second kappa shape index (κ2) is 8.68. The molecule has 2 fully saturated rings. The lowest BCUT2D eigenvalue weighted by Crippen LogP contribution is -2.45. The molecule has 2 saturated carbocycles. The molecule has 30 heavy (non-hydrogen) atoms. The van der Waals surface area contributed by atoms with Crippen molar-refractivity contribution in [3.05, 3.63) is 54.6 Å². The maximum Gasteiger partial charge on any atom is 0.264 e. The Balaban J connectivity index is 1.57. The van der Waals surface area contributed by atoms with Crippen LogP contribution in [0.15, 0.2) is 59.5 Å². The lowest BCUT2D eigenvalue weighted by Gasteiger charge is -2.27. The molecule has 0 saturated heterocycles. The van der Waals surface area contributed by atoms with E-state index < -0.39 is 10.0 Å². The molecular formula is C23H28N2O4S. The van der Waals surface area contributed by atoms with Gasteiger partial charge in [0.05, 0.1) is 17.2 Å². The van der Waals surface area contributed by atoms with Crippen LogP contribution in [0, 0.1) is 11.8 Å². The molecule has 6 nitrogen and oxygen atoms in total. The first-order chi connectivity index (χ1) is 14.5. The summed E-state index contributed by atoms with van der Waals surface area (Å²) in [5.74, 6) is 1.63. The Labute approximate surface area is 178 Å². The van der Waals surface area contributed by atoms with E-state index >= 15 is 0 Å². The number of nitrogens with zero attached hydrogens (tertiary/aromatic N) is 1. The average molecular weight is 429 g/mol. The molecule has 3 atom stereocenters. The van der Waals surface area contributed by atoms with Crippen LogP contribution in [0.4, 0.5) is 5.69 Å². The maximum absolute atomic E-state index is 13.4. The third-order valence-electron chi connectivity index (χ3n) is 6.14. The highest BCUT2D eigenvalue weighted by Gasteiger charge is 2.40. The number of anilines is 1. The van der Waals surface area contributed by atoms with Crippen LogP contribution in [0.1, 0.15) is 32.6 Å². The minimum absolute atomic E-state index is 0.159. The van der Waals surface area contributed by atoms with Gasteiger partial charge in [-0.3, -0.25) is 9.10 Å². The van der Waals surface area contributed by atoms with Crippen LogP contribution in [0.2, 0.25) is 0 Å². The predicted molar refractivity (Wildman–Crippen MR) is 116 cm³/mol. The Morgan fingerprint density at radius 1 is 1.07 bits per heavy atom. The number of nitrogens with one attached hydrogen (secondary N) is 1. The topological polar surface area (TPSA) is 75.7 Å². The number of hydrogen-bond donors (Lipinski definition) is 1. The Morgan fingerprint density at radius 3 is 2.40 bits per heavy atom. The number of sulfonamides is 1. The third-order valence-corrected chi connectivity index (χ3v) is 7.93. The summed E-state index contributed by atoms with van der Waals surface area (Å²) in [6.45, 7) is 2.16. The molecule has 2 aromatic carbocycles. The summed E-state index contributed by atoms with van der Waals surface area (Å²) in [6, 6.07) is 15.2. The van der Waals surface area contributed by atoms with Crippen LogP contribution in [0.3, 0.4) is 0 Å². The molecule has 7 heteroatoms. The zero-order valence-corrected chi connectivity index (χ0v) is 18.0. The van der Waals surface area contributed by atoms with Crippen LogP contribution in [0.25, 0.3) is 0 Å². The van der Waals surface area contributed by atoms with Gasteiger partial charge in [0.2, 0.25) is 5.91 Å². The molecular weight excluding hydrogens is 400 g/mol. The lowest BCUT2D eigenvalue weighted by molar-refractivity contribution is -0.120. The molecule has 160 valence electrons. The molecule has 2 aliphatic carbocycles. The van der Waals surface area contributed by atoms with E-state index in [9.17, 15) is 13.2 Å². The largest absolute Gasteiger partial charge is 0.494 e. The molecule has 0 radical (unpaired) electrons. The fraction of sp³-hybridized carbons (Fsp3) is 0.435. The molecule has 0 heterocycles. The SMILES string of the molecule is CCOc1ccc(N(CC(=O)N[C@@H]2C[C@H]3CC[C@H]2C3)S(=O)(=O)c2ccccc2)cc1. The van der Waals surface area contributed by atoms with Gasteiger partial charge in [-0.15, -0.1) is 0 Å². The van der Waals surface area contributed by atoms with Gasteiger partial charge < -0.3 is 10.1 Å². The molecule has 0 unspecified atom stereocenters. The zero-order valence-electron chi connectivity index (χ0n) is 17.2. The molecule has 0 aromatic heterocycles. The Bertz CT molecular complexity index is 976. The quantitative estimate of drug-likeness (QED) is 0.697. The van der Waals surface area contributed by atoms with Gasteiger partial charge in [-0.2, -0.15) is 0 Å². The minimum Gasteiger partial charge on any atom is -0.494 e. The minimum atomic E-state index is -3.89. The van der Waals surface area contributed by atoms with Gasteiger partial charge in [0.25, 0.3) is 10.0 Å². The first-order valence-electron chi connectivity index (χ1n) is 10.6. The number of fused-ring (bicyclic) bond motifs is 2. The second-order valence-corrected chi connectivity index (χ2v) is 9.96. The van der Waals surface area contributed by atoms with Crippen molar-refractivity contribution in [2.75, 3.05) is 17.5 Å². The number of carbonyl (C=O) groups excluding carboxylic acids is 1. The van der Waals surface area contributed by atoms with Crippen LogP contribution >= 0.6 is 0 Å². The number of benzene rings is 2. The molecule has 2 aliphatic rings. The second-order valence-electron chi connectivity index (χ2n) is 8.10. The van der Waals surface area contributed by atoms with Crippen molar-refractivity contribution in [1.82, 2.24) is 5.32 Å². The predicted octanol–water partition coefficient (Wildman–Crippen LogP) is 3.59. The van der Waals surface area contributed by atoms with Crippen molar-refractivity contribution >= 4 is 21.6 Å². The van der Waals surface area contributed by atoms with Crippen molar-refractivity contribution < 1.29 is 17.9 Å². The zero-order chi connectivity index (χ0) is 21.1. The van der Waals surface area contributed by atoms with Gasteiger partial charge in [0.15, 0.2) is 0 Å². The van der Waals surface area contributed by atoms with Crippen molar-refractivity contribution in [2.24, 2.45) is 11.8 Å². The Morgan fingerprint density at radius 2 is 1.80 bits per heavy atom. The van der Waals surface area contributed by atoms with Crippen molar-refractivity contribution in [3.8, 4) is 5.75 Å². The summed E-state index contributed by atoms with van der Waals surface area (Å²) in [4.78, 5) is 13.0. The van der Waals surface area contributed by atoms with E-state index in [1.807, 2.05) is 6.92 Å². The summed E-state index contributed by atoms with van der Waals surface area (Å²) < 4.78 is 33.4. The van der Waals surface area contributed by atoms with Crippen molar-refractivity contribution in [3.63, 3.8) is 0 Å². The first kappa shape index (κ1) is 20.7. The molecule has 1 N–H and O–H groups in total. The number of carbonyl (C=O) groups is 1. The van der Waals surface area contributed by atoms with Crippen LogP contribution in [0.5, 0.6) is 5.75 Å². The fourth-order valence-corrected chi connectivity index (χ4v) is 6.16. The average Bonchev–Trinajstić information content (AvgIpc) is 3.37. The highest BCUT2D eigenvalue weighted by molar-refractivity contribution is 7.92. The number of hydrogen-bond acceptors (Lipinski definition) is 4. The van der Waals surface area contributed by atoms with Gasteiger partial charge in [-0.05, 0) is 74.4 Å². The van der Waals surface area contributed by atoms with Gasteiger partial charge in [-0.1, -0.05) is 24.6 Å². The molecule has 0 spiro atoms. The van der Waals surface area contributed by atoms with Gasteiger partial charge in [-0.25, -0.2) is 8.42 Å². The number of rotatable bonds is 8. The van der Waals surface area contributed by atoms with E-state index in [2.05, 4.69) is 5.32 Å². The smallest absolute Gasteiger partial charge is 0.264 e. The summed E-state index contributed by atoms with van der Waals surface area (Å²) >= 11 is 0. The lowest BCUT2D eigenvalue weighted by atomic mass is 9.95. The van der Waals surface area contributed by atoms with Crippen LogP contribution in [-0.2, 0) is 14.8 Å². The molecule has 4 rings (SSSR count). The van der Waals surface area contributed by atoms with Crippen LogP contribution < -0.4 is 14.4 Å². The molecule has 1 amide bonds. The number of amides is 1. The van der Waals surface area contributed by atoms with E-state index in [0.717, 1.165) is 12.8 Å². The van der Waals surface area contributed by atoms with Crippen molar-refractivity contribution in [2.45, 2.75) is 43.5 Å². The van der Waals surface area contributed by atoms with E-state index in [1.54, 1.807) is 54.6 Å². The van der Waals surface area contributed by atoms with Crippen molar-refractivity contribution in [1.29, 1.82) is 0 Å². The maximum atomic E-state index is 13.4. The van der Waals surface area contributed by atoms with E-state index in [1.165, 1.54) is 17.1 Å². The molecule has 0 aliphatic heterocycles. The highest BCUT2D eigenvalue weighted by Crippen LogP contribution is 2.44. The standard InChI is InChI=1S/C23H28N2O4S/c1-2-29-20-12-10-19(11-13-20)25(30(27,28)21-6-4-3-5-7-21)16-23(26)24-22-15-17-8-9-18(22)14-17/h3-7,10-13,17-18,22H,2,8-9,14-16H2,1H3,(H,24,26)/t17-,18-,22+/m0/s1. The number of ether oxygens (including phenoxy) is 1. The monoisotopic (exact) mass is 428 g/mol. The molecule has 2 aromatic rings. The Kier molecular flexibility index (Phi) is 5.99. The summed E-state index contributed by atoms with van der Waals surface area (Å²) in [5, 5.41) is 3.10. The van der Waals surface area contributed by atoms with Gasteiger partial charge in [0.1, 0.15) is 12.3 Å². The summed E-state index contributed by atoms with van der Waals surface area (Å²) in [6.07, 6.45) is 4.58.